The Morgan fingerprint density at radius 1 is 1.45 bits per heavy atom. The van der Waals surface area contributed by atoms with Gasteiger partial charge in [0.2, 0.25) is 5.91 Å². The third-order valence-electron chi connectivity index (χ3n) is 4.53. The number of anilines is 1. The smallest absolute Gasteiger partial charge is 0.238 e. The number of aryl methyl sites for hydroxylation is 1. The summed E-state index contributed by atoms with van der Waals surface area (Å²) in [5, 5.41) is 3.03. The van der Waals surface area contributed by atoms with E-state index in [1.807, 2.05) is 19.1 Å². The van der Waals surface area contributed by atoms with E-state index in [1.165, 1.54) is 12.0 Å². The second-order valence-corrected chi connectivity index (χ2v) is 6.29. The number of piperidine rings is 1. The molecule has 1 aliphatic heterocycles. The Hall–Kier alpha value is -1.10. The normalized spacial score (nSPS) is 20.1. The van der Waals surface area contributed by atoms with Crippen molar-refractivity contribution in [3.8, 4) is 0 Å². The number of benzene rings is 1. The van der Waals surface area contributed by atoms with Crippen molar-refractivity contribution in [2.75, 3.05) is 25.0 Å². The van der Waals surface area contributed by atoms with Gasteiger partial charge in [-0.1, -0.05) is 12.1 Å². The molecule has 5 heteroatoms. The highest BCUT2D eigenvalue weighted by Gasteiger charge is 2.24. The van der Waals surface area contributed by atoms with Gasteiger partial charge in [0.05, 0.1) is 6.54 Å². The minimum atomic E-state index is 0. The number of carbonyl (C=O) groups excluding carboxylic acids is 1. The van der Waals surface area contributed by atoms with E-state index in [-0.39, 0.29) is 24.4 Å². The summed E-state index contributed by atoms with van der Waals surface area (Å²) in [7, 11) is 0. The number of nitrogens with one attached hydrogen (secondary N) is 1. The largest absolute Gasteiger partial charge is 0.328 e. The van der Waals surface area contributed by atoms with Gasteiger partial charge in [-0.15, -0.1) is 12.4 Å². The van der Waals surface area contributed by atoms with E-state index in [0.29, 0.717) is 12.5 Å². The molecule has 1 saturated heterocycles. The molecular weight excluding hydrogens is 298 g/mol. The molecule has 124 valence electrons. The minimum Gasteiger partial charge on any atom is -0.328 e. The third-order valence-corrected chi connectivity index (χ3v) is 4.53. The molecule has 1 aromatic rings. The zero-order chi connectivity index (χ0) is 15.4. The molecule has 0 saturated carbocycles. The number of hydrogen-bond donors (Lipinski definition) is 2. The van der Waals surface area contributed by atoms with Crippen molar-refractivity contribution in [3.63, 3.8) is 0 Å². The molecule has 4 nitrogen and oxygen atoms in total. The van der Waals surface area contributed by atoms with Crippen LogP contribution in [-0.2, 0) is 4.79 Å². The first-order valence-corrected chi connectivity index (χ1v) is 7.81. The predicted molar refractivity (Wildman–Crippen MR) is 94.6 cm³/mol. The fourth-order valence-corrected chi connectivity index (χ4v) is 2.94. The summed E-state index contributed by atoms with van der Waals surface area (Å²) >= 11 is 0. The summed E-state index contributed by atoms with van der Waals surface area (Å²) in [5.74, 6) is 0.571. The Kier molecular flexibility index (Phi) is 7.33. The van der Waals surface area contributed by atoms with Gasteiger partial charge in [0.25, 0.3) is 0 Å². The summed E-state index contributed by atoms with van der Waals surface area (Å²) in [6, 6.07) is 6.20. The average Bonchev–Trinajstić information content (AvgIpc) is 2.44. The van der Waals surface area contributed by atoms with E-state index < -0.39 is 0 Å². The molecule has 0 aliphatic carbocycles. The molecule has 1 fully saturated rings. The number of nitrogens with two attached hydrogens (primary N) is 1. The lowest BCUT2D eigenvalue weighted by molar-refractivity contribution is -0.117. The van der Waals surface area contributed by atoms with Gasteiger partial charge in [-0.25, -0.2) is 0 Å². The van der Waals surface area contributed by atoms with Gasteiger partial charge in [0, 0.05) is 18.3 Å². The fraction of sp³-hybridized carbons (Fsp3) is 0.588. The Morgan fingerprint density at radius 3 is 2.86 bits per heavy atom. The summed E-state index contributed by atoms with van der Waals surface area (Å²) in [6.45, 7) is 8.53. The molecule has 2 unspecified atom stereocenters. The molecule has 1 aromatic carbocycles. The van der Waals surface area contributed by atoms with Crippen molar-refractivity contribution in [2.24, 2.45) is 11.7 Å². The maximum absolute atomic E-state index is 12.2. The predicted octanol–water partition coefficient (Wildman–Crippen LogP) is 2.72. The molecule has 2 rings (SSSR count). The Balaban J connectivity index is 0.00000242. The van der Waals surface area contributed by atoms with E-state index >= 15 is 0 Å². The lowest BCUT2D eigenvalue weighted by atomic mass is 9.92. The highest BCUT2D eigenvalue weighted by molar-refractivity contribution is 5.93. The lowest BCUT2D eigenvalue weighted by Crippen LogP contribution is -2.45. The molecule has 0 spiro atoms. The van der Waals surface area contributed by atoms with E-state index in [0.717, 1.165) is 30.8 Å². The number of carbonyl (C=O) groups is 1. The first-order chi connectivity index (χ1) is 9.97. The van der Waals surface area contributed by atoms with E-state index in [9.17, 15) is 4.79 Å². The van der Waals surface area contributed by atoms with Crippen LogP contribution in [0.3, 0.4) is 0 Å². The molecule has 3 N–H and O–H groups in total. The van der Waals surface area contributed by atoms with Gasteiger partial charge in [-0.3, -0.25) is 9.69 Å². The molecule has 2 atom stereocenters. The maximum atomic E-state index is 12.2. The van der Waals surface area contributed by atoms with Gasteiger partial charge in [0.15, 0.2) is 0 Å². The topological polar surface area (TPSA) is 58.4 Å². The number of hydrogen-bond acceptors (Lipinski definition) is 3. The highest BCUT2D eigenvalue weighted by atomic mass is 35.5. The van der Waals surface area contributed by atoms with Gasteiger partial charge in [-0.05, 0) is 63.3 Å². The first-order valence-electron chi connectivity index (χ1n) is 7.81. The Labute approximate surface area is 139 Å². The maximum Gasteiger partial charge on any atom is 0.238 e. The zero-order valence-corrected chi connectivity index (χ0v) is 14.6. The van der Waals surface area contributed by atoms with Crippen molar-refractivity contribution >= 4 is 24.0 Å². The second kappa shape index (κ2) is 8.51. The van der Waals surface area contributed by atoms with Gasteiger partial charge in [-0.2, -0.15) is 0 Å². The van der Waals surface area contributed by atoms with Crippen molar-refractivity contribution in [3.05, 3.63) is 29.3 Å². The van der Waals surface area contributed by atoms with E-state index in [1.54, 1.807) is 0 Å². The number of amides is 1. The van der Waals surface area contributed by atoms with Crippen molar-refractivity contribution < 1.29 is 4.79 Å². The van der Waals surface area contributed by atoms with Crippen LogP contribution in [0.15, 0.2) is 18.2 Å². The standard InChI is InChI=1S/C17H27N3O.ClH/c1-12-6-4-8-16(13(12)2)19-17(21)11-20-9-5-7-15(10-20)14(3)18;/h4,6,8,14-15H,5,7,9-11,18H2,1-3H3,(H,19,21);1H. The zero-order valence-electron chi connectivity index (χ0n) is 13.8. The molecule has 0 aromatic heterocycles. The summed E-state index contributed by atoms with van der Waals surface area (Å²) in [4.78, 5) is 14.5. The number of nitrogens with zero attached hydrogens (tertiary/aromatic N) is 1. The number of likely N-dealkylation sites (tertiary alicyclic amines) is 1. The van der Waals surface area contributed by atoms with Crippen LogP contribution >= 0.6 is 12.4 Å². The van der Waals surface area contributed by atoms with Gasteiger partial charge < -0.3 is 11.1 Å². The van der Waals surface area contributed by atoms with E-state index in [2.05, 4.69) is 30.1 Å². The molecule has 1 aliphatic rings. The van der Waals surface area contributed by atoms with E-state index in [4.69, 9.17) is 5.73 Å². The van der Waals surface area contributed by atoms with Crippen molar-refractivity contribution in [1.82, 2.24) is 4.90 Å². The summed E-state index contributed by atoms with van der Waals surface area (Å²) in [5.41, 5.74) is 9.24. The average molecular weight is 326 g/mol. The SMILES string of the molecule is Cc1cccc(NC(=O)CN2CCCC(C(C)N)C2)c1C.Cl. The summed E-state index contributed by atoms with van der Waals surface area (Å²) in [6.07, 6.45) is 2.30. The monoisotopic (exact) mass is 325 g/mol. The molecule has 0 radical (unpaired) electrons. The van der Waals surface area contributed by atoms with Crippen LogP contribution in [0, 0.1) is 19.8 Å². The molecule has 0 bridgehead atoms. The van der Waals surface area contributed by atoms with Gasteiger partial charge in [0.1, 0.15) is 0 Å². The van der Waals surface area contributed by atoms with Crippen LogP contribution in [0.25, 0.3) is 0 Å². The third kappa shape index (κ3) is 4.97. The van der Waals surface area contributed by atoms with Crippen LogP contribution < -0.4 is 11.1 Å². The fourth-order valence-electron chi connectivity index (χ4n) is 2.94. The van der Waals surface area contributed by atoms with Crippen LogP contribution in [0.1, 0.15) is 30.9 Å². The minimum absolute atomic E-state index is 0. The van der Waals surface area contributed by atoms with Crippen molar-refractivity contribution in [2.45, 2.75) is 39.7 Å². The van der Waals surface area contributed by atoms with Crippen LogP contribution in [0.2, 0.25) is 0 Å². The lowest BCUT2D eigenvalue weighted by Gasteiger charge is -2.34. The van der Waals surface area contributed by atoms with Crippen molar-refractivity contribution in [1.29, 1.82) is 0 Å². The van der Waals surface area contributed by atoms with Gasteiger partial charge >= 0.3 is 0 Å². The molecule has 1 amide bonds. The highest BCUT2D eigenvalue weighted by Crippen LogP contribution is 2.20. The number of rotatable bonds is 4. The Morgan fingerprint density at radius 2 is 2.18 bits per heavy atom. The first kappa shape index (κ1) is 18.9. The molecule has 1 heterocycles. The Bertz CT molecular complexity index is 505. The summed E-state index contributed by atoms with van der Waals surface area (Å²) < 4.78 is 0. The van der Waals surface area contributed by atoms with Crippen LogP contribution in [0.5, 0.6) is 0 Å². The molecular formula is C17H28ClN3O. The second-order valence-electron chi connectivity index (χ2n) is 6.29. The number of halogens is 1. The van der Waals surface area contributed by atoms with Crippen LogP contribution in [0.4, 0.5) is 5.69 Å². The quantitative estimate of drug-likeness (QED) is 0.895. The molecule has 22 heavy (non-hydrogen) atoms. The van der Waals surface area contributed by atoms with Crippen LogP contribution in [-0.4, -0.2) is 36.5 Å².